The Morgan fingerprint density at radius 3 is 2.61 bits per heavy atom. The van der Waals surface area contributed by atoms with E-state index in [4.69, 9.17) is 10.5 Å². The van der Waals surface area contributed by atoms with Crippen molar-refractivity contribution in [2.24, 2.45) is 5.73 Å². The summed E-state index contributed by atoms with van der Waals surface area (Å²) in [5.74, 6) is 0.825. The topological polar surface area (TPSA) is 35.2 Å². The van der Waals surface area contributed by atoms with Crippen LogP contribution in [0.2, 0.25) is 0 Å². The van der Waals surface area contributed by atoms with Crippen LogP contribution in [0.3, 0.4) is 0 Å². The van der Waals surface area contributed by atoms with Gasteiger partial charge in [-0.15, -0.1) is 0 Å². The lowest BCUT2D eigenvalue weighted by molar-refractivity contribution is 0.414. The van der Waals surface area contributed by atoms with Crippen LogP contribution in [0.5, 0.6) is 5.75 Å². The van der Waals surface area contributed by atoms with Gasteiger partial charge in [0.25, 0.3) is 0 Å². The van der Waals surface area contributed by atoms with Crippen molar-refractivity contribution in [3.05, 3.63) is 63.6 Å². The van der Waals surface area contributed by atoms with E-state index >= 15 is 0 Å². The molecule has 1 unspecified atom stereocenters. The van der Waals surface area contributed by atoms with Crippen molar-refractivity contribution in [1.82, 2.24) is 0 Å². The highest BCUT2D eigenvalue weighted by atomic mass is 79.9. The van der Waals surface area contributed by atoms with Crippen LogP contribution >= 0.6 is 15.9 Å². The molecule has 0 spiro atoms. The maximum Gasteiger partial charge on any atom is 0.119 e. The molecule has 0 bridgehead atoms. The molecule has 2 nitrogen and oxygen atoms in total. The highest BCUT2D eigenvalue weighted by molar-refractivity contribution is 9.10. The molecule has 2 aromatic carbocycles. The molecular weight excluding hydrogens is 290 g/mol. The first kappa shape index (κ1) is 13.1. The Bertz CT molecular complexity index is 554. The van der Waals surface area contributed by atoms with Gasteiger partial charge in [0.2, 0.25) is 0 Å². The standard InChI is InChI=1S/C15H16BrNO/c1-10-6-7-13(14(16)8-10)15(17)11-4-3-5-12(9-11)18-2/h3-9,15H,17H2,1-2H3. The van der Waals surface area contributed by atoms with Crippen molar-refractivity contribution in [1.29, 1.82) is 0 Å². The van der Waals surface area contributed by atoms with E-state index in [1.807, 2.05) is 24.3 Å². The Kier molecular flexibility index (Phi) is 4.04. The van der Waals surface area contributed by atoms with E-state index in [0.717, 1.165) is 21.3 Å². The molecule has 2 rings (SSSR count). The molecule has 0 amide bonds. The van der Waals surface area contributed by atoms with E-state index in [1.54, 1.807) is 7.11 Å². The quantitative estimate of drug-likeness (QED) is 0.936. The molecule has 0 aliphatic rings. The van der Waals surface area contributed by atoms with Crippen LogP contribution in [-0.4, -0.2) is 7.11 Å². The molecule has 0 radical (unpaired) electrons. The first-order valence-electron chi connectivity index (χ1n) is 5.77. The summed E-state index contributed by atoms with van der Waals surface area (Å²) in [5.41, 5.74) is 9.64. The second-order valence-corrected chi connectivity index (χ2v) is 5.13. The first-order chi connectivity index (χ1) is 8.61. The van der Waals surface area contributed by atoms with Crippen molar-refractivity contribution in [3.63, 3.8) is 0 Å². The van der Waals surface area contributed by atoms with Gasteiger partial charge in [0.05, 0.1) is 13.2 Å². The van der Waals surface area contributed by atoms with Gasteiger partial charge in [-0.1, -0.05) is 40.2 Å². The first-order valence-corrected chi connectivity index (χ1v) is 6.56. The van der Waals surface area contributed by atoms with E-state index in [2.05, 4.69) is 41.1 Å². The molecule has 2 N–H and O–H groups in total. The smallest absolute Gasteiger partial charge is 0.119 e. The zero-order chi connectivity index (χ0) is 13.1. The van der Waals surface area contributed by atoms with E-state index < -0.39 is 0 Å². The molecule has 0 saturated carbocycles. The summed E-state index contributed by atoms with van der Waals surface area (Å²) in [6.45, 7) is 2.06. The number of methoxy groups -OCH3 is 1. The van der Waals surface area contributed by atoms with Crippen molar-refractivity contribution in [2.45, 2.75) is 13.0 Å². The van der Waals surface area contributed by atoms with Gasteiger partial charge in [0.1, 0.15) is 5.75 Å². The van der Waals surface area contributed by atoms with Crippen LogP contribution in [0.1, 0.15) is 22.7 Å². The van der Waals surface area contributed by atoms with Crippen LogP contribution in [0.25, 0.3) is 0 Å². The lowest BCUT2D eigenvalue weighted by Gasteiger charge is -2.15. The Labute approximate surface area is 116 Å². The molecule has 3 heteroatoms. The molecule has 18 heavy (non-hydrogen) atoms. The fraction of sp³-hybridized carbons (Fsp3) is 0.200. The minimum atomic E-state index is -0.157. The van der Waals surface area contributed by atoms with Gasteiger partial charge in [-0.05, 0) is 41.8 Å². The van der Waals surface area contributed by atoms with Crippen LogP contribution < -0.4 is 10.5 Å². The number of ether oxygens (including phenoxy) is 1. The summed E-state index contributed by atoms with van der Waals surface area (Å²) in [7, 11) is 1.66. The average Bonchev–Trinajstić information content (AvgIpc) is 2.38. The third-order valence-electron chi connectivity index (χ3n) is 2.94. The Morgan fingerprint density at radius 1 is 1.17 bits per heavy atom. The summed E-state index contributed by atoms with van der Waals surface area (Å²) < 4.78 is 6.26. The van der Waals surface area contributed by atoms with E-state index in [-0.39, 0.29) is 6.04 Å². The molecular formula is C15H16BrNO. The van der Waals surface area contributed by atoms with Gasteiger partial charge in [-0.3, -0.25) is 0 Å². The predicted molar refractivity (Wildman–Crippen MR) is 77.9 cm³/mol. The fourth-order valence-corrected chi connectivity index (χ4v) is 2.64. The molecule has 94 valence electrons. The lowest BCUT2D eigenvalue weighted by atomic mass is 9.98. The van der Waals surface area contributed by atoms with Crippen LogP contribution in [0.4, 0.5) is 0 Å². The second kappa shape index (κ2) is 5.55. The van der Waals surface area contributed by atoms with Crippen molar-refractivity contribution in [2.75, 3.05) is 7.11 Å². The van der Waals surface area contributed by atoms with Gasteiger partial charge in [0.15, 0.2) is 0 Å². The third kappa shape index (κ3) is 2.74. The number of benzene rings is 2. The fourth-order valence-electron chi connectivity index (χ4n) is 1.90. The Balaban J connectivity index is 2.37. The average molecular weight is 306 g/mol. The molecule has 0 heterocycles. The number of halogens is 1. The summed E-state index contributed by atoms with van der Waals surface area (Å²) in [4.78, 5) is 0. The highest BCUT2D eigenvalue weighted by Crippen LogP contribution is 2.29. The largest absolute Gasteiger partial charge is 0.497 e. The summed E-state index contributed by atoms with van der Waals surface area (Å²) in [5, 5.41) is 0. The van der Waals surface area contributed by atoms with Gasteiger partial charge in [-0.25, -0.2) is 0 Å². The number of hydrogen-bond acceptors (Lipinski definition) is 2. The monoisotopic (exact) mass is 305 g/mol. The molecule has 0 aliphatic heterocycles. The Morgan fingerprint density at radius 2 is 1.94 bits per heavy atom. The number of aryl methyl sites for hydroxylation is 1. The van der Waals surface area contributed by atoms with Gasteiger partial charge < -0.3 is 10.5 Å². The maximum atomic E-state index is 6.31. The zero-order valence-corrected chi connectivity index (χ0v) is 12.1. The second-order valence-electron chi connectivity index (χ2n) is 4.28. The van der Waals surface area contributed by atoms with Gasteiger partial charge >= 0.3 is 0 Å². The molecule has 0 saturated heterocycles. The van der Waals surface area contributed by atoms with Gasteiger partial charge in [0, 0.05) is 4.47 Å². The van der Waals surface area contributed by atoms with Crippen molar-refractivity contribution in [3.8, 4) is 5.75 Å². The predicted octanol–water partition coefficient (Wildman–Crippen LogP) is 3.81. The number of rotatable bonds is 3. The SMILES string of the molecule is COc1cccc(C(N)c2ccc(C)cc2Br)c1. The maximum absolute atomic E-state index is 6.31. The zero-order valence-electron chi connectivity index (χ0n) is 10.5. The molecule has 0 aliphatic carbocycles. The van der Waals surface area contributed by atoms with E-state index in [0.29, 0.717) is 0 Å². The summed E-state index contributed by atoms with van der Waals surface area (Å²) in [6.07, 6.45) is 0. The molecule has 0 aromatic heterocycles. The van der Waals surface area contributed by atoms with Crippen molar-refractivity contribution >= 4 is 15.9 Å². The Hall–Kier alpha value is -1.32. The lowest BCUT2D eigenvalue weighted by Crippen LogP contribution is -2.12. The molecule has 0 fully saturated rings. The minimum Gasteiger partial charge on any atom is -0.497 e. The van der Waals surface area contributed by atoms with Crippen LogP contribution in [0.15, 0.2) is 46.9 Å². The third-order valence-corrected chi connectivity index (χ3v) is 3.63. The van der Waals surface area contributed by atoms with Crippen molar-refractivity contribution < 1.29 is 4.74 Å². The van der Waals surface area contributed by atoms with Gasteiger partial charge in [-0.2, -0.15) is 0 Å². The van der Waals surface area contributed by atoms with Crippen LogP contribution in [0, 0.1) is 6.92 Å². The number of hydrogen-bond donors (Lipinski definition) is 1. The van der Waals surface area contributed by atoms with Crippen LogP contribution in [-0.2, 0) is 0 Å². The summed E-state index contributed by atoms with van der Waals surface area (Å²) in [6, 6.07) is 13.9. The summed E-state index contributed by atoms with van der Waals surface area (Å²) >= 11 is 3.57. The normalized spacial score (nSPS) is 12.2. The molecule has 2 aromatic rings. The van der Waals surface area contributed by atoms with E-state index in [1.165, 1.54) is 5.56 Å². The van der Waals surface area contributed by atoms with E-state index in [9.17, 15) is 0 Å². The number of nitrogens with two attached hydrogens (primary N) is 1. The minimum absolute atomic E-state index is 0.157. The molecule has 1 atom stereocenters. The highest BCUT2D eigenvalue weighted by Gasteiger charge is 2.12.